The van der Waals surface area contributed by atoms with Crippen molar-refractivity contribution in [1.82, 2.24) is 0 Å². The Labute approximate surface area is 202 Å². The minimum atomic E-state index is -0.0339. The van der Waals surface area contributed by atoms with Crippen LogP contribution in [0.4, 0.5) is 0 Å². The van der Waals surface area contributed by atoms with Crippen molar-refractivity contribution in [2.45, 2.75) is 123 Å². The smallest absolute Gasteiger partial charge is 0.121 e. The summed E-state index contributed by atoms with van der Waals surface area (Å²) >= 11 is 0. The molecule has 0 radical (unpaired) electrons. The molecular formula is C31H46O2. The lowest BCUT2D eigenvalue weighted by Gasteiger charge is -2.36. The molecule has 2 nitrogen and oxygen atoms in total. The second kappa shape index (κ2) is 12.0. The first-order valence-electron chi connectivity index (χ1n) is 13.7. The van der Waals surface area contributed by atoms with E-state index in [4.69, 9.17) is 0 Å². The van der Waals surface area contributed by atoms with E-state index in [9.17, 15) is 10.2 Å². The third-order valence-corrected chi connectivity index (χ3v) is 7.68. The molecule has 0 spiro atoms. The van der Waals surface area contributed by atoms with Crippen LogP contribution in [0.5, 0.6) is 11.5 Å². The van der Waals surface area contributed by atoms with Gasteiger partial charge in [-0.05, 0) is 71.9 Å². The molecule has 0 atom stereocenters. The monoisotopic (exact) mass is 450 g/mol. The number of hydrogen-bond donors (Lipinski definition) is 2. The molecule has 1 saturated carbocycles. The van der Waals surface area contributed by atoms with E-state index < -0.39 is 0 Å². The summed E-state index contributed by atoms with van der Waals surface area (Å²) in [4.78, 5) is 0. The van der Waals surface area contributed by atoms with E-state index >= 15 is 0 Å². The average Bonchev–Trinajstić information content (AvgIpc) is 3.06. The largest absolute Gasteiger partial charge is 0.507 e. The van der Waals surface area contributed by atoms with E-state index in [-0.39, 0.29) is 5.41 Å². The highest BCUT2D eigenvalue weighted by atomic mass is 16.3. The quantitative estimate of drug-likeness (QED) is 0.356. The van der Waals surface area contributed by atoms with Crippen molar-refractivity contribution >= 4 is 0 Å². The number of aromatic hydroxyl groups is 2. The molecule has 3 rings (SSSR count). The predicted molar refractivity (Wildman–Crippen MR) is 141 cm³/mol. The van der Waals surface area contributed by atoms with E-state index in [1.807, 2.05) is 0 Å². The zero-order chi connectivity index (χ0) is 23.8. The molecule has 2 heteroatoms. The van der Waals surface area contributed by atoms with Gasteiger partial charge in [0.15, 0.2) is 0 Å². The van der Waals surface area contributed by atoms with Crippen LogP contribution in [0.25, 0.3) is 0 Å². The Hall–Kier alpha value is -1.96. The molecule has 2 aromatic rings. The second-order valence-corrected chi connectivity index (χ2v) is 10.3. The van der Waals surface area contributed by atoms with E-state index in [0.29, 0.717) is 11.5 Å². The van der Waals surface area contributed by atoms with Gasteiger partial charge in [-0.1, -0.05) is 103 Å². The van der Waals surface area contributed by atoms with Crippen molar-refractivity contribution in [2.24, 2.45) is 0 Å². The summed E-state index contributed by atoms with van der Waals surface area (Å²) in [5, 5.41) is 22.0. The van der Waals surface area contributed by atoms with Gasteiger partial charge in [-0.3, -0.25) is 0 Å². The fraction of sp³-hybridized carbons (Fsp3) is 0.613. The van der Waals surface area contributed by atoms with Crippen LogP contribution in [0, 0.1) is 0 Å². The minimum absolute atomic E-state index is 0.0339. The van der Waals surface area contributed by atoms with Crippen LogP contribution in [0.1, 0.15) is 125 Å². The summed E-state index contributed by atoms with van der Waals surface area (Å²) in [7, 11) is 0. The maximum Gasteiger partial charge on any atom is 0.121 e. The van der Waals surface area contributed by atoms with Gasteiger partial charge >= 0.3 is 0 Å². The Morgan fingerprint density at radius 1 is 0.545 bits per heavy atom. The molecule has 2 N–H and O–H groups in total. The molecule has 1 aliphatic rings. The van der Waals surface area contributed by atoms with Crippen molar-refractivity contribution in [3.05, 3.63) is 57.6 Å². The van der Waals surface area contributed by atoms with Crippen LogP contribution in [0.15, 0.2) is 24.3 Å². The molecule has 33 heavy (non-hydrogen) atoms. The highest BCUT2D eigenvalue weighted by Gasteiger charge is 2.36. The van der Waals surface area contributed by atoms with Crippen LogP contribution >= 0.6 is 0 Å². The standard InChI is InChI=1S/C31H46O2/c1-5-13-23-19-27(20-24(14-6-2)29(23)32)31(17-11-9-10-12-18-31)28-21-25(15-7-3)30(33)26(22-28)16-8-4/h19-22,32-33H,5-18H2,1-4H3. The summed E-state index contributed by atoms with van der Waals surface area (Å²) in [6.07, 6.45) is 15.2. The number of phenols is 2. The molecule has 1 aliphatic carbocycles. The van der Waals surface area contributed by atoms with E-state index in [0.717, 1.165) is 86.5 Å². The van der Waals surface area contributed by atoms with Gasteiger partial charge < -0.3 is 10.2 Å². The van der Waals surface area contributed by atoms with Crippen molar-refractivity contribution < 1.29 is 10.2 Å². The Kier molecular flexibility index (Phi) is 9.29. The fourth-order valence-corrected chi connectivity index (χ4v) is 5.99. The van der Waals surface area contributed by atoms with Gasteiger partial charge in [0.05, 0.1) is 0 Å². The topological polar surface area (TPSA) is 40.5 Å². The average molecular weight is 451 g/mol. The second-order valence-electron chi connectivity index (χ2n) is 10.3. The molecule has 182 valence electrons. The molecule has 0 saturated heterocycles. The summed E-state index contributed by atoms with van der Waals surface area (Å²) in [5.41, 5.74) is 7.21. The molecular weight excluding hydrogens is 404 g/mol. The van der Waals surface area contributed by atoms with Crippen LogP contribution in [0.3, 0.4) is 0 Å². The third kappa shape index (κ3) is 5.58. The van der Waals surface area contributed by atoms with Gasteiger partial charge in [0.25, 0.3) is 0 Å². The first-order chi connectivity index (χ1) is 16.0. The Morgan fingerprint density at radius 2 is 0.848 bits per heavy atom. The van der Waals surface area contributed by atoms with E-state index in [1.54, 1.807) is 0 Å². The Morgan fingerprint density at radius 3 is 1.12 bits per heavy atom. The first kappa shape index (κ1) is 25.7. The van der Waals surface area contributed by atoms with E-state index in [2.05, 4.69) is 52.0 Å². The molecule has 0 unspecified atom stereocenters. The molecule has 0 amide bonds. The molecule has 0 bridgehead atoms. The van der Waals surface area contributed by atoms with Crippen LogP contribution in [0.2, 0.25) is 0 Å². The summed E-state index contributed by atoms with van der Waals surface area (Å²) in [5.74, 6) is 1.05. The van der Waals surface area contributed by atoms with Crippen molar-refractivity contribution in [2.75, 3.05) is 0 Å². The number of phenolic OH excluding ortho intramolecular Hbond substituents is 2. The number of benzene rings is 2. The summed E-state index contributed by atoms with van der Waals surface area (Å²) in [6, 6.07) is 9.31. The predicted octanol–water partition coefficient (Wildman–Crippen LogP) is 8.55. The third-order valence-electron chi connectivity index (χ3n) is 7.68. The van der Waals surface area contributed by atoms with Crippen LogP contribution in [-0.2, 0) is 31.1 Å². The van der Waals surface area contributed by atoms with Gasteiger partial charge in [0, 0.05) is 5.41 Å². The highest BCUT2D eigenvalue weighted by molar-refractivity contribution is 5.53. The summed E-state index contributed by atoms with van der Waals surface area (Å²) in [6.45, 7) is 8.78. The molecule has 0 aromatic heterocycles. The normalized spacial score (nSPS) is 16.0. The van der Waals surface area contributed by atoms with Gasteiger partial charge in [0.2, 0.25) is 0 Å². The first-order valence-corrected chi connectivity index (χ1v) is 13.7. The van der Waals surface area contributed by atoms with Gasteiger partial charge in [-0.2, -0.15) is 0 Å². The molecule has 1 fully saturated rings. The SMILES string of the molecule is CCCc1cc(C2(c3cc(CCC)c(O)c(CCC)c3)CCCCCC2)cc(CCC)c1O. The van der Waals surface area contributed by atoms with Crippen LogP contribution < -0.4 is 0 Å². The zero-order valence-corrected chi connectivity index (χ0v) is 21.6. The highest BCUT2D eigenvalue weighted by Crippen LogP contribution is 2.47. The zero-order valence-electron chi connectivity index (χ0n) is 21.6. The van der Waals surface area contributed by atoms with Crippen molar-refractivity contribution in [3.63, 3.8) is 0 Å². The minimum Gasteiger partial charge on any atom is -0.507 e. The number of hydrogen-bond acceptors (Lipinski definition) is 2. The van der Waals surface area contributed by atoms with Crippen molar-refractivity contribution in [1.29, 1.82) is 0 Å². The van der Waals surface area contributed by atoms with Crippen LogP contribution in [-0.4, -0.2) is 10.2 Å². The van der Waals surface area contributed by atoms with Crippen molar-refractivity contribution in [3.8, 4) is 11.5 Å². The maximum atomic E-state index is 11.0. The lowest BCUT2D eigenvalue weighted by molar-refractivity contribution is 0.431. The maximum absolute atomic E-state index is 11.0. The Bertz CT molecular complexity index is 782. The van der Waals surface area contributed by atoms with Gasteiger partial charge in [0.1, 0.15) is 11.5 Å². The van der Waals surface area contributed by atoms with Gasteiger partial charge in [-0.25, -0.2) is 0 Å². The lowest BCUT2D eigenvalue weighted by atomic mass is 9.67. The summed E-state index contributed by atoms with van der Waals surface area (Å²) < 4.78 is 0. The number of aryl methyl sites for hydroxylation is 4. The lowest BCUT2D eigenvalue weighted by Crippen LogP contribution is -2.28. The van der Waals surface area contributed by atoms with Gasteiger partial charge in [-0.15, -0.1) is 0 Å². The number of rotatable bonds is 10. The molecule has 0 aliphatic heterocycles. The molecule has 2 aromatic carbocycles. The Balaban J connectivity index is 2.27. The van der Waals surface area contributed by atoms with E-state index in [1.165, 1.54) is 36.8 Å². The molecule has 0 heterocycles. The fourth-order valence-electron chi connectivity index (χ4n) is 5.99.